The zero-order valence-electron chi connectivity index (χ0n) is 8.81. The minimum atomic E-state index is 1.11. The number of hydrogen-bond acceptors (Lipinski definition) is 1. The Labute approximate surface area is 78.1 Å². The van der Waals surface area contributed by atoms with Crippen molar-refractivity contribution in [2.75, 3.05) is 20.6 Å². The quantitative estimate of drug-likeness (QED) is 0.506. The average Bonchev–Trinajstić information content (AvgIpc) is 2.02. The number of nitrogens with zero attached hydrogens (tertiary/aromatic N) is 1. The van der Waals surface area contributed by atoms with Gasteiger partial charge in [0, 0.05) is 0 Å². The van der Waals surface area contributed by atoms with Gasteiger partial charge in [0.2, 0.25) is 0 Å². The highest BCUT2D eigenvalue weighted by atomic mass is 15.0. The van der Waals surface area contributed by atoms with E-state index in [2.05, 4.69) is 25.9 Å². The smallest absolute Gasteiger partial charge is 0.00248 e. The third-order valence-electron chi connectivity index (χ3n) is 2.11. The lowest BCUT2D eigenvalue weighted by atomic mass is 10.1. The maximum Gasteiger partial charge on any atom is -0.00248 e. The second-order valence-corrected chi connectivity index (χ2v) is 3.78. The molecule has 0 bridgehead atoms. The Morgan fingerprint density at radius 3 is 1.83 bits per heavy atom. The highest BCUT2D eigenvalue weighted by Gasteiger charge is 1.91. The lowest BCUT2D eigenvalue weighted by Gasteiger charge is -2.08. The van der Waals surface area contributed by atoms with Crippen molar-refractivity contribution in [2.45, 2.75) is 44.9 Å². The zero-order valence-corrected chi connectivity index (χ0v) is 8.81. The molecule has 0 N–H and O–H groups in total. The molecule has 0 aromatic carbocycles. The topological polar surface area (TPSA) is 3.24 Å². The Morgan fingerprint density at radius 1 is 0.833 bits per heavy atom. The first-order chi connectivity index (χ1) is 5.77. The molecule has 1 radical (unpaired) electrons. The molecule has 0 saturated carbocycles. The highest BCUT2D eigenvalue weighted by Crippen LogP contribution is 2.06. The third kappa shape index (κ3) is 9.96. The van der Waals surface area contributed by atoms with Gasteiger partial charge in [-0.05, 0) is 27.1 Å². The van der Waals surface area contributed by atoms with E-state index in [1.54, 1.807) is 0 Å². The van der Waals surface area contributed by atoms with Crippen LogP contribution >= 0.6 is 0 Å². The maximum absolute atomic E-state index is 3.84. The fourth-order valence-corrected chi connectivity index (χ4v) is 1.31. The Kier molecular flexibility index (Phi) is 9.02. The van der Waals surface area contributed by atoms with Crippen LogP contribution < -0.4 is 0 Å². The Bertz CT molecular complexity index is 79.1. The van der Waals surface area contributed by atoms with Crippen molar-refractivity contribution < 1.29 is 0 Å². The van der Waals surface area contributed by atoms with Crippen molar-refractivity contribution in [3.8, 4) is 0 Å². The van der Waals surface area contributed by atoms with Gasteiger partial charge in [0.05, 0.1) is 0 Å². The van der Waals surface area contributed by atoms with Crippen molar-refractivity contribution >= 4 is 0 Å². The van der Waals surface area contributed by atoms with Crippen molar-refractivity contribution in [3.63, 3.8) is 0 Å². The first kappa shape index (κ1) is 12.0. The number of hydrogen-bond donors (Lipinski definition) is 0. The number of unbranched alkanes of at least 4 members (excludes halogenated alkanes) is 6. The summed E-state index contributed by atoms with van der Waals surface area (Å²) < 4.78 is 0. The molecule has 0 rings (SSSR count). The van der Waals surface area contributed by atoms with Crippen LogP contribution in [0.5, 0.6) is 0 Å². The van der Waals surface area contributed by atoms with Gasteiger partial charge in [-0.3, -0.25) is 0 Å². The summed E-state index contributed by atoms with van der Waals surface area (Å²) in [6.45, 7) is 5.08. The second kappa shape index (κ2) is 9.05. The molecule has 0 atom stereocenters. The van der Waals surface area contributed by atoms with Gasteiger partial charge in [0.25, 0.3) is 0 Å². The summed E-state index contributed by atoms with van der Waals surface area (Å²) in [5.41, 5.74) is 0. The standard InChI is InChI=1S/C11H24N/c1-4-5-6-7-8-9-10-11-12(2)3/h1,4-11H2,2-3H3. The van der Waals surface area contributed by atoms with Crippen LogP contribution in [0.2, 0.25) is 0 Å². The molecule has 73 valence electrons. The van der Waals surface area contributed by atoms with Gasteiger partial charge in [0.1, 0.15) is 0 Å². The van der Waals surface area contributed by atoms with E-state index >= 15 is 0 Å². The SMILES string of the molecule is [CH2]CCCCCCCCN(C)C. The van der Waals surface area contributed by atoms with Crippen molar-refractivity contribution in [3.05, 3.63) is 6.92 Å². The van der Waals surface area contributed by atoms with Crippen LogP contribution in [-0.2, 0) is 0 Å². The van der Waals surface area contributed by atoms with E-state index in [9.17, 15) is 0 Å². The molecule has 0 amide bonds. The van der Waals surface area contributed by atoms with E-state index < -0.39 is 0 Å². The van der Waals surface area contributed by atoms with E-state index in [1.165, 1.54) is 45.1 Å². The van der Waals surface area contributed by atoms with Gasteiger partial charge in [-0.2, -0.15) is 0 Å². The Balaban J connectivity index is 2.82. The molecule has 0 heterocycles. The summed E-state index contributed by atoms with van der Waals surface area (Å²) in [6.07, 6.45) is 9.38. The van der Waals surface area contributed by atoms with Crippen LogP contribution in [0.4, 0.5) is 0 Å². The monoisotopic (exact) mass is 170 g/mol. The molecule has 0 fully saturated rings. The van der Waals surface area contributed by atoms with Gasteiger partial charge in [-0.25, -0.2) is 0 Å². The van der Waals surface area contributed by atoms with E-state index in [-0.39, 0.29) is 0 Å². The summed E-state index contributed by atoms with van der Waals surface area (Å²) in [5, 5.41) is 0. The molecule has 0 saturated heterocycles. The predicted octanol–water partition coefficient (Wildman–Crippen LogP) is 3.11. The van der Waals surface area contributed by atoms with Crippen molar-refractivity contribution in [2.24, 2.45) is 0 Å². The maximum atomic E-state index is 3.84. The van der Waals surface area contributed by atoms with E-state index in [0.29, 0.717) is 0 Å². The molecule has 0 aliphatic heterocycles. The molecule has 0 aromatic rings. The third-order valence-corrected chi connectivity index (χ3v) is 2.11. The van der Waals surface area contributed by atoms with Crippen molar-refractivity contribution in [1.29, 1.82) is 0 Å². The normalized spacial score (nSPS) is 11.0. The van der Waals surface area contributed by atoms with Crippen LogP contribution in [0.15, 0.2) is 0 Å². The first-order valence-electron chi connectivity index (χ1n) is 5.21. The van der Waals surface area contributed by atoms with Crippen LogP contribution in [0.25, 0.3) is 0 Å². The summed E-state index contributed by atoms with van der Waals surface area (Å²) in [5.74, 6) is 0. The molecular formula is C11H24N. The van der Waals surface area contributed by atoms with E-state index in [0.717, 1.165) is 6.42 Å². The van der Waals surface area contributed by atoms with E-state index in [4.69, 9.17) is 0 Å². The lowest BCUT2D eigenvalue weighted by Crippen LogP contribution is -2.12. The molecule has 1 nitrogen and oxygen atoms in total. The summed E-state index contributed by atoms with van der Waals surface area (Å²) >= 11 is 0. The summed E-state index contributed by atoms with van der Waals surface area (Å²) in [4.78, 5) is 2.26. The van der Waals surface area contributed by atoms with Crippen LogP contribution in [-0.4, -0.2) is 25.5 Å². The molecule has 0 aromatic heterocycles. The van der Waals surface area contributed by atoms with Gasteiger partial charge in [-0.15, -0.1) is 0 Å². The molecule has 0 unspecified atom stereocenters. The molecule has 0 spiro atoms. The average molecular weight is 170 g/mol. The molecular weight excluding hydrogens is 146 g/mol. The van der Waals surface area contributed by atoms with Crippen molar-refractivity contribution in [1.82, 2.24) is 4.90 Å². The van der Waals surface area contributed by atoms with Gasteiger partial charge in [-0.1, -0.05) is 45.4 Å². The number of rotatable bonds is 8. The molecule has 0 aliphatic rings. The molecule has 0 aliphatic carbocycles. The Hall–Kier alpha value is -0.0400. The fourth-order valence-electron chi connectivity index (χ4n) is 1.31. The van der Waals surface area contributed by atoms with Gasteiger partial charge in [0.15, 0.2) is 0 Å². The van der Waals surface area contributed by atoms with Gasteiger partial charge < -0.3 is 4.90 Å². The van der Waals surface area contributed by atoms with Crippen LogP contribution in [0, 0.1) is 6.92 Å². The highest BCUT2D eigenvalue weighted by molar-refractivity contribution is 4.48. The first-order valence-corrected chi connectivity index (χ1v) is 5.21. The zero-order chi connectivity index (χ0) is 9.23. The summed E-state index contributed by atoms with van der Waals surface area (Å²) in [7, 11) is 4.28. The molecule has 1 heteroatoms. The Morgan fingerprint density at radius 2 is 1.33 bits per heavy atom. The van der Waals surface area contributed by atoms with Gasteiger partial charge >= 0.3 is 0 Å². The summed E-state index contributed by atoms with van der Waals surface area (Å²) in [6, 6.07) is 0. The fraction of sp³-hybridized carbons (Fsp3) is 0.909. The largest absolute Gasteiger partial charge is 0.309 e. The lowest BCUT2D eigenvalue weighted by molar-refractivity contribution is 0.389. The van der Waals surface area contributed by atoms with E-state index in [1.807, 2.05) is 0 Å². The second-order valence-electron chi connectivity index (χ2n) is 3.78. The molecule has 12 heavy (non-hydrogen) atoms. The predicted molar refractivity (Wildman–Crippen MR) is 56.2 cm³/mol. The minimum absolute atomic E-state index is 1.11. The van der Waals surface area contributed by atoms with Crippen LogP contribution in [0.3, 0.4) is 0 Å². The van der Waals surface area contributed by atoms with Crippen LogP contribution in [0.1, 0.15) is 44.9 Å². The minimum Gasteiger partial charge on any atom is -0.309 e.